The van der Waals surface area contributed by atoms with Gasteiger partial charge in [-0.05, 0) is 13.8 Å². The number of aliphatic hydroxyl groups excluding tert-OH is 1. The molecule has 3 saturated heterocycles. The molecule has 3 aliphatic heterocycles. The van der Waals surface area contributed by atoms with Crippen LogP contribution in [0.1, 0.15) is 13.8 Å². The van der Waals surface area contributed by atoms with Crippen LogP contribution in [0, 0.1) is 0 Å². The molecular formula is C9H14O4. The summed E-state index contributed by atoms with van der Waals surface area (Å²) in [5.74, 6) is 0. The van der Waals surface area contributed by atoms with Gasteiger partial charge in [-0.3, -0.25) is 0 Å². The fraction of sp³-hybridized carbons (Fsp3) is 1.00. The van der Waals surface area contributed by atoms with Crippen molar-refractivity contribution in [1.29, 1.82) is 0 Å². The molecule has 3 aliphatic rings. The smallest absolute Gasteiger partial charge is 0.149 e. The summed E-state index contributed by atoms with van der Waals surface area (Å²) in [7, 11) is 0. The standard InChI is InChI=1S/C9H14O4/c1-8(2)9(13-8)4-12-6-5(10)3-11-7(6)9/h5-7,10H,3-4H2,1-2H3/t5-,6+,7-,9+/m0/s1. The van der Waals surface area contributed by atoms with Gasteiger partial charge >= 0.3 is 0 Å². The lowest BCUT2D eigenvalue weighted by Crippen LogP contribution is -2.37. The van der Waals surface area contributed by atoms with Gasteiger partial charge in [0.1, 0.15) is 23.9 Å². The van der Waals surface area contributed by atoms with Gasteiger partial charge in [0.2, 0.25) is 0 Å². The molecule has 3 heterocycles. The van der Waals surface area contributed by atoms with Gasteiger partial charge in [0, 0.05) is 0 Å². The van der Waals surface area contributed by atoms with E-state index in [0.29, 0.717) is 13.2 Å². The summed E-state index contributed by atoms with van der Waals surface area (Å²) in [5, 5.41) is 9.52. The molecule has 4 heteroatoms. The molecular weight excluding hydrogens is 172 g/mol. The van der Waals surface area contributed by atoms with E-state index in [2.05, 4.69) is 0 Å². The molecule has 1 spiro atoms. The van der Waals surface area contributed by atoms with Crippen molar-refractivity contribution in [3.05, 3.63) is 0 Å². The van der Waals surface area contributed by atoms with Gasteiger partial charge in [-0.2, -0.15) is 0 Å². The second kappa shape index (κ2) is 2.08. The van der Waals surface area contributed by atoms with Gasteiger partial charge in [0.15, 0.2) is 0 Å². The van der Waals surface area contributed by atoms with E-state index < -0.39 is 6.10 Å². The Balaban J connectivity index is 1.89. The van der Waals surface area contributed by atoms with Crippen molar-refractivity contribution < 1.29 is 19.3 Å². The monoisotopic (exact) mass is 186 g/mol. The number of hydrogen-bond donors (Lipinski definition) is 1. The Morgan fingerprint density at radius 2 is 2.00 bits per heavy atom. The molecule has 3 rings (SSSR count). The third-order valence-electron chi connectivity index (χ3n) is 3.49. The summed E-state index contributed by atoms with van der Waals surface area (Å²) in [4.78, 5) is 0. The summed E-state index contributed by atoms with van der Waals surface area (Å²) in [6.45, 7) is 4.99. The fourth-order valence-electron chi connectivity index (χ4n) is 2.53. The SMILES string of the molecule is CC1(C)O[C@@]12CO[C@@H]1[C@@H](O)CO[C@@H]12. The minimum Gasteiger partial charge on any atom is -0.388 e. The molecule has 4 atom stereocenters. The van der Waals surface area contributed by atoms with E-state index in [1.165, 1.54) is 0 Å². The lowest BCUT2D eigenvalue weighted by atomic mass is 9.90. The highest BCUT2D eigenvalue weighted by Gasteiger charge is 2.75. The maximum Gasteiger partial charge on any atom is 0.149 e. The van der Waals surface area contributed by atoms with E-state index in [1.807, 2.05) is 13.8 Å². The average Bonchev–Trinajstić information content (AvgIpc) is 2.46. The Kier molecular flexibility index (Phi) is 1.31. The molecule has 3 fully saturated rings. The van der Waals surface area contributed by atoms with Crippen LogP contribution in [0.15, 0.2) is 0 Å². The van der Waals surface area contributed by atoms with Crippen molar-refractivity contribution in [2.24, 2.45) is 0 Å². The summed E-state index contributed by atoms with van der Waals surface area (Å²) >= 11 is 0. The summed E-state index contributed by atoms with van der Waals surface area (Å²) < 4.78 is 16.7. The second-order valence-electron chi connectivity index (χ2n) is 4.60. The summed E-state index contributed by atoms with van der Waals surface area (Å²) in [6.07, 6.45) is -0.733. The van der Waals surface area contributed by atoms with E-state index in [-0.39, 0.29) is 23.4 Å². The molecule has 0 aromatic carbocycles. The number of hydrogen-bond acceptors (Lipinski definition) is 4. The van der Waals surface area contributed by atoms with E-state index in [0.717, 1.165) is 0 Å². The Labute approximate surface area is 76.8 Å². The van der Waals surface area contributed by atoms with Gasteiger partial charge in [-0.15, -0.1) is 0 Å². The molecule has 0 amide bonds. The van der Waals surface area contributed by atoms with Crippen molar-refractivity contribution >= 4 is 0 Å². The molecule has 0 unspecified atom stereocenters. The maximum absolute atomic E-state index is 9.52. The van der Waals surface area contributed by atoms with Crippen LogP contribution in [0.5, 0.6) is 0 Å². The first kappa shape index (κ1) is 8.17. The average molecular weight is 186 g/mol. The van der Waals surface area contributed by atoms with Crippen molar-refractivity contribution in [2.75, 3.05) is 13.2 Å². The zero-order valence-electron chi connectivity index (χ0n) is 7.82. The lowest BCUT2D eigenvalue weighted by Gasteiger charge is -2.13. The Morgan fingerprint density at radius 3 is 2.62 bits per heavy atom. The van der Waals surface area contributed by atoms with Gasteiger partial charge in [0.25, 0.3) is 0 Å². The third-order valence-corrected chi connectivity index (χ3v) is 3.49. The summed E-state index contributed by atoms with van der Waals surface area (Å²) in [5.41, 5.74) is -0.439. The van der Waals surface area contributed by atoms with Crippen LogP contribution in [-0.2, 0) is 14.2 Å². The molecule has 74 valence electrons. The van der Waals surface area contributed by atoms with E-state index in [1.54, 1.807) is 0 Å². The first-order valence-corrected chi connectivity index (χ1v) is 4.68. The first-order chi connectivity index (χ1) is 6.07. The van der Waals surface area contributed by atoms with Crippen LogP contribution in [0.3, 0.4) is 0 Å². The molecule has 0 bridgehead atoms. The molecule has 0 aromatic heterocycles. The van der Waals surface area contributed by atoms with Crippen molar-refractivity contribution in [3.63, 3.8) is 0 Å². The summed E-state index contributed by atoms with van der Waals surface area (Å²) in [6, 6.07) is 0. The zero-order chi connectivity index (χ0) is 9.27. The lowest BCUT2D eigenvalue weighted by molar-refractivity contribution is 0.0150. The van der Waals surface area contributed by atoms with Crippen LogP contribution in [0.25, 0.3) is 0 Å². The number of ether oxygens (including phenoxy) is 3. The van der Waals surface area contributed by atoms with E-state index in [9.17, 15) is 5.11 Å². The maximum atomic E-state index is 9.52. The normalized spacial score (nSPS) is 57.0. The molecule has 0 aliphatic carbocycles. The van der Waals surface area contributed by atoms with E-state index in [4.69, 9.17) is 14.2 Å². The van der Waals surface area contributed by atoms with Crippen LogP contribution >= 0.6 is 0 Å². The van der Waals surface area contributed by atoms with Crippen molar-refractivity contribution in [3.8, 4) is 0 Å². The number of epoxide rings is 1. The van der Waals surface area contributed by atoms with E-state index >= 15 is 0 Å². The third kappa shape index (κ3) is 0.801. The predicted molar refractivity (Wildman–Crippen MR) is 43.4 cm³/mol. The molecule has 0 radical (unpaired) electrons. The van der Waals surface area contributed by atoms with Crippen LogP contribution in [0.2, 0.25) is 0 Å². The van der Waals surface area contributed by atoms with Crippen molar-refractivity contribution in [2.45, 2.75) is 43.4 Å². The number of rotatable bonds is 0. The molecule has 0 saturated carbocycles. The predicted octanol–water partition coefficient (Wildman–Crippen LogP) is -0.308. The molecule has 0 aromatic rings. The fourth-order valence-corrected chi connectivity index (χ4v) is 2.53. The van der Waals surface area contributed by atoms with Gasteiger partial charge in [-0.25, -0.2) is 0 Å². The highest BCUT2D eigenvalue weighted by molar-refractivity contribution is 5.22. The van der Waals surface area contributed by atoms with Crippen LogP contribution < -0.4 is 0 Å². The minimum atomic E-state index is -0.482. The minimum absolute atomic E-state index is 0.0718. The molecule has 4 nitrogen and oxygen atoms in total. The Morgan fingerprint density at radius 1 is 1.31 bits per heavy atom. The molecule has 1 N–H and O–H groups in total. The number of aliphatic hydroxyl groups is 1. The Bertz CT molecular complexity index is 252. The molecule has 13 heavy (non-hydrogen) atoms. The van der Waals surface area contributed by atoms with Gasteiger partial charge in [0.05, 0.1) is 18.8 Å². The highest BCUT2D eigenvalue weighted by atomic mass is 16.7. The van der Waals surface area contributed by atoms with Crippen LogP contribution in [-0.4, -0.2) is 47.8 Å². The Hall–Kier alpha value is -0.160. The quantitative estimate of drug-likeness (QED) is 0.527. The van der Waals surface area contributed by atoms with Crippen LogP contribution in [0.4, 0.5) is 0 Å². The second-order valence-corrected chi connectivity index (χ2v) is 4.60. The highest BCUT2D eigenvalue weighted by Crippen LogP contribution is 2.56. The van der Waals surface area contributed by atoms with Gasteiger partial charge < -0.3 is 19.3 Å². The van der Waals surface area contributed by atoms with Crippen molar-refractivity contribution in [1.82, 2.24) is 0 Å². The number of fused-ring (bicyclic) bond motifs is 2. The largest absolute Gasteiger partial charge is 0.388 e. The van der Waals surface area contributed by atoms with Gasteiger partial charge in [-0.1, -0.05) is 0 Å². The first-order valence-electron chi connectivity index (χ1n) is 4.68. The topological polar surface area (TPSA) is 51.2 Å². The zero-order valence-corrected chi connectivity index (χ0v) is 7.82.